The first-order chi connectivity index (χ1) is 10.1. The van der Waals surface area contributed by atoms with Gasteiger partial charge in [-0.2, -0.15) is 0 Å². The highest BCUT2D eigenvalue weighted by molar-refractivity contribution is 7.99. The van der Waals surface area contributed by atoms with Crippen molar-refractivity contribution in [2.45, 2.75) is 62.9 Å². The average Bonchev–Trinajstić information content (AvgIpc) is 2.84. The second kappa shape index (κ2) is 7.82. The standard InChI is InChI=1S/C15H25N3O2S/c1-3-4-5-11-6-8-12(9-7-11)14-16-17-15(18(14)2)21-10-13(19)20/h11-12H,3-10H2,1-2H3,(H,19,20). The van der Waals surface area contributed by atoms with Gasteiger partial charge in [0.05, 0.1) is 5.75 Å². The van der Waals surface area contributed by atoms with Crippen molar-refractivity contribution in [2.75, 3.05) is 5.75 Å². The summed E-state index contributed by atoms with van der Waals surface area (Å²) in [4.78, 5) is 10.6. The van der Waals surface area contributed by atoms with Gasteiger partial charge in [0.2, 0.25) is 0 Å². The van der Waals surface area contributed by atoms with Crippen LogP contribution < -0.4 is 0 Å². The summed E-state index contributed by atoms with van der Waals surface area (Å²) < 4.78 is 1.98. The van der Waals surface area contributed by atoms with Crippen molar-refractivity contribution in [2.24, 2.45) is 13.0 Å². The van der Waals surface area contributed by atoms with Crippen LogP contribution in [0.15, 0.2) is 5.16 Å². The van der Waals surface area contributed by atoms with E-state index in [0.717, 1.165) is 11.7 Å². The molecule has 0 saturated heterocycles. The molecule has 0 bridgehead atoms. The van der Waals surface area contributed by atoms with Crippen LogP contribution in [0.5, 0.6) is 0 Å². The number of aromatic nitrogens is 3. The summed E-state index contributed by atoms with van der Waals surface area (Å²) in [5.41, 5.74) is 0. The molecule has 0 unspecified atom stereocenters. The van der Waals surface area contributed by atoms with Gasteiger partial charge in [0.1, 0.15) is 5.82 Å². The molecule has 1 heterocycles. The quantitative estimate of drug-likeness (QED) is 0.781. The zero-order valence-corrected chi connectivity index (χ0v) is 13.7. The fourth-order valence-corrected chi connectivity index (χ4v) is 3.77. The van der Waals surface area contributed by atoms with Crippen LogP contribution in [0.1, 0.15) is 63.6 Å². The fourth-order valence-electron chi connectivity index (χ4n) is 3.14. The first-order valence-corrected chi connectivity index (χ1v) is 8.84. The lowest BCUT2D eigenvalue weighted by Gasteiger charge is -2.27. The predicted molar refractivity (Wildman–Crippen MR) is 83.6 cm³/mol. The smallest absolute Gasteiger partial charge is 0.313 e. The lowest BCUT2D eigenvalue weighted by molar-refractivity contribution is -0.133. The molecule has 5 nitrogen and oxygen atoms in total. The zero-order chi connectivity index (χ0) is 15.2. The minimum Gasteiger partial charge on any atom is -0.481 e. The second-order valence-corrected chi connectivity index (χ2v) is 6.88. The average molecular weight is 311 g/mol. The minimum absolute atomic E-state index is 0.0374. The van der Waals surface area contributed by atoms with Gasteiger partial charge in [0.25, 0.3) is 0 Å². The molecule has 0 aromatic carbocycles. The molecular formula is C15H25N3O2S. The molecule has 0 aliphatic heterocycles. The number of carbonyl (C=O) groups is 1. The van der Waals surface area contributed by atoms with E-state index in [4.69, 9.17) is 5.11 Å². The first kappa shape index (κ1) is 16.3. The van der Waals surface area contributed by atoms with Crippen molar-refractivity contribution in [3.8, 4) is 0 Å². The van der Waals surface area contributed by atoms with Crippen LogP contribution in [0.4, 0.5) is 0 Å². The maximum Gasteiger partial charge on any atom is 0.313 e. The Morgan fingerprint density at radius 1 is 1.33 bits per heavy atom. The van der Waals surface area contributed by atoms with Crippen LogP contribution in [0.3, 0.4) is 0 Å². The van der Waals surface area contributed by atoms with Crippen molar-refractivity contribution >= 4 is 17.7 Å². The van der Waals surface area contributed by atoms with Crippen LogP contribution in [-0.2, 0) is 11.8 Å². The minimum atomic E-state index is -0.819. The molecule has 1 aromatic heterocycles. The van der Waals surface area contributed by atoms with Crippen molar-refractivity contribution in [3.05, 3.63) is 5.82 Å². The highest BCUT2D eigenvalue weighted by Gasteiger charge is 2.26. The Labute approximate surface area is 130 Å². The number of nitrogens with zero attached hydrogens (tertiary/aromatic N) is 3. The molecule has 0 radical (unpaired) electrons. The van der Waals surface area contributed by atoms with E-state index >= 15 is 0 Å². The summed E-state index contributed by atoms with van der Waals surface area (Å²) in [6.07, 6.45) is 8.93. The van der Waals surface area contributed by atoms with Gasteiger partial charge in [-0.15, -0.1) is 10.2 Å². The van der Waals surface area contributed by atoms with Crippen LogP contribution in [-0.4, -0.2) is 31.6 Å². The lowest BCUT2D eigenvalue weighted by atomic mass is 9.79. The molecule has 1 N–H and O–H groups in total. The normalized spacial score (nSPS) is 22.4. The van der Waals surface area contributed by atoms with Gasteiger partial charge in [0.15, 0.2) is 5.16 Å². The molecule has 2 rings (SSSR count). The van der Waals surface area contributed by atoms with Gasteiger partial charge in [-0.25, -0.2) is 0 Å². The van der Waals surface area contributed by atoms with E-state index in [0.29, 0.717) is 11.1 Å². The van der Waals surface area contributed by atoms with Crippen molar-refractivity contribution in [3.63, 3.8) is 0 Å². The molecule has 118 valence electrons. The number of hydrogen-bond acceptors (Lipinski definition) is 4. The summed E-state index contributed by atoms with van der Waals surface area (Å²) in [5.74, 6) is 1.61. The lowest BCUT2D eigenvalue weighted by Crippen LogP contribution is -2.16. The number of rotatable bonds is 7. The van der Waals surface area contributed by atoms with Crippen LogP contribution in [0, 0.1) is 5.92 Å². The van der Waals surface area contributed by atoms with Crippen LogP contribution in [0.25, 0.3) is 0 Å². The fraction of sp³-hybridized carbons (Fsp3) is 0.800. The Kier molecular flexibility index (Phi) is 6.08. The molecule has 1 fully saturated rings. The van der Waals surface area contributed by atoms with E-state index in [1.807, 2.05) is 11.6 Å². The summed E-state index contributed by atoms with van der Waals surface area (Å²) in [5, 5.41) is 17.9. The third kappa shape index (κ3) is 4.46. The Bertz CT molecular complexity index is 467. The second-order valence-electron chi connectivity index (χ2n) is 5.94. The first-order valence-electron chi connectivity index (χ1n) is 7.85. The molecule has 0 atom stereocenters. The summed E-state index contributed by atoms with van der Waals surface area (Å²) >= 11 is 1.24. The predicted octanol–water partition coefficient (Wildman–Crippen LogP) is 3.46. The molecule has 0 spiro atoms. The van der Waals surface area contributed by atoms with Crippen molar-refractivity contribution in [1.82, 2.24) is 14.8 Å². The Morgan fingerprint density at radius 3 is 2.67 bits per heavy atom. The van der Waals surface area contributed by atoms with Gasteiger partial charge in [0, 0.05) is 13.0 Å². The topological polar surface area (TPSA) is 68.0 Å². The summed E-state index contributed by atoms with van der Waals surface area (Å²) in [6.45, 7) is 2.25. The van der Waals surface area contributed by atoms with Crippen LogP contribution in [0.2, 0.25) is 0 Å². The third-order valence-electron chi connectivity index (χ3n) is 4.37. The summed E-state index contributed by atoms with van der Waals surface area (Å²) in [6, 6.07) is 0. The van der Waals surface area contributed by atoms with Crippen molar-refractivity contribution in [1.29, 1.82) is 0 Å². The van der Waals surface area contributed by atoms with E-state index in [2.05, 4.69) is 17.1 Å². The van der Waals surface area contributed by atoms with Crippen LogP contribution >= 0.6 is 11.8 Å². The number of thioether (sulfide) groups is 1. The van der Waals surface area contributed by atoms with E-state index in [-0.39, 0.29) is 5.75 Å². The largest absolute Gasteiger partial charge is 0.481 e. The number of aliphatic carboxylic acids is 1. The summed E-state index contributed by atoms with van der Waals surface area (Å²) in [7, 11) is 1.95. The maximum absolute atomic E-state index is 10.6. The van der Waals surface area contributed by atoms with Crippen molar-refractivity contribution < 1.29 is 9.90 Å². The van der Waals surface area contributed by atoms with E-state index < -0.39 is 5.97 Å². The van der Waals surface area contributed by atoms with E-state index in [1.165, 1.54) is 56.7 Å². The Hall–Kier alpha value is -1.04. The number of carboxylic acid groups (broad SMARTS) is 1. The van der Waals surface area contributed by atoms with Gasteiger partial charge in [-0.05, 0) is 31.6 Å². The van der Waals surface area contributed by atoms with Gasteiger partial charge >= 0.3 is 5.97 Å². The molecule has 1 aliphatic carbocycles. The Balaban J connectivity index is 1.90. The highest BCUT2D eigenvalue weighted by atomic mass is 32.2. The Morgan fingerprint density at radius 2 is 2.05 bits per heavy atom. The van der Waals surface area contributed by atoms with Gasteiger partial charge in [-0.3, -0.25) is 4.79 Å². The molecule has 1 aliphatic rings. The van der Waals surface area contributed by atoms with E-state index in [1.54, 1.807) is 0 Å². The van der Waals surface area contributed by atoms with E-state index in [9.17, 15) is 4.79 Å². The van der Waals surface area contributed by atoms with Gasteiger partial charge in [-0.1, -0.05) is 37.9 Å². The molecular weight excluding hydrogens is 286 g/mol. The molecule has 1 saturated carbocycles. The van der Waals surface area contributed by atoms with Gasteiger partial charge < -0.3 is 9.67 Å². The highest BCUT2D eigenvalue weighted by Crippen LogP contribution is 2.37. The number of unbranched alkanes of at least 4 members (excludes halogenated alkanes) is 1. The molecule has 0 amide bonds. The number of carboxylic acids is 1. The number of hydrogen-bond donors (Lipinski definition) is 1. The maximum atomic E-state index is 10.6. The monoisotopic (exact) mass is 311 g/mol. The molecule has 21 heavy (non-hydrogen) atoms. The zero-order valence-electron chi connectivity index (χ0n) is 12.9. The SMILES string of the molecule is CCCCC1CCC(c2nnc(SCC(=O)O)n2C)CC1. The molecule has 1 aromatic rings. The molecule has 6 heteroatoms. The third-order valence-corrected chi connectivity index (χ3v) is 5.38.